The molecule has 138 valence electrons. The topological polar surface area (TPSA) is 106 Å². The van der Waals surface area contributed by atoms with E-state index in [0.717, 1.165) is 25.7 Å². The maximum Gasteiger partial charge on any atom is 0.315 e. The molecule has 0 unspecified atom stereocenters. The van der Waals surface area contributed by atoms with E-state index in [1.54, 1.807) is 18.2 Å². The van der Waals surface area contributed by atoms with Crippen LogP contribution in [0.3, 0.4) is 0 Å². The lowest BCUT2D eigenvalue weighted by molar-refractivity contribution is -0.115. The van der Waals surface area contributed by atoms with Crippen LogP contribution in [0, 0.1) is 0 Å². The maximum absolute atomic E-state index is 12.2. The zero-order chi connectivity index (χ0) is 18.4. The Morgan fingerprint density at radius 2 is 2.00 bits per heavy atom. The van der Waals surface area contributed by atoms with Crippen LogP contribution in [0.15, 0.2) is 28.8 Å². The Balaban J connectivity index is 1.55. The van der Waals surface area contributed by atoms with Gasteiger partial charge in [-0.3, -0.25) is 9.59 Å². The van der Waals surface area contributed by atoms with Crippen LogP contribution in [-0.4, -0.2) is 35.1 Å². The third-order valence-corrected chi connectivity index (χ3v) is 4.30. The van der Waals surface area contributed by atoms with E-state index >= 15 is 0 Å². The number of hydrogen-bond donors (Lipinski definition) is 2. The van der Waals surface area contributed by atoms with Gasteiger partial charge in [0.1, 0.15) is 5.75 Å². The number of nitrogens with zero attached hydrogens (tertiary/aromatic N) is 2. The largest absolute Gasteiger partial charge is 0.495 e. The predicted octanol–water partition coefficient (Wildman–Crippen LogP) is 2.32. The van der Waals surface area contributed by atoms with Crippen molar-refractivity contribution < 1.29 is 18.8 Å². The number of carbonyl (C=O) groups excluding carboxylic acids is 2. The molecular weight excluding hydrogens is 336 g/mol. The van der Waals surface area contributed by atoms with Gasteiger partial charge in [0.05, 0.1) is 19.2 Å². The SMILES string of the molecule is COc1ccccc1NC(=O)Cc1noc(C(=O)NC2CCCCC2)n1. The summed E-state index contributed by atoms with van der Waals surface area (Å²) in [5.74, 6) is -0.112. The van der Waals surface area contributed by atoms with Crippen molar-refractivity contribution in [2.45, 2.75) is 44.6 Å². The van der Waals surface area contributed by atoms with E-state index in [1.807, 2.05) is 6.07 Å². The minimum atomic E-state index is -0.388. The monoisotopic (exact) mass is 358 g/mol. The fraction of sp³-hybridized carbons (Fsp3) is 0.444. The number of anilines is 1. The Labute approximate surface area is 151 Å². The van der Waals surface area contributed by atoms with E-state index in [9.17, 15) is 9.59 Å². The van der Waals surface area contributed by atoms with Crippen molar-refractivity contribution >= 4 is 17.5 Å². The molecule has 1 aromatic carbocycles. The van der Waals surface area contributed by atoms with Gasteiger partial charge in [0.25, 0.3) is 0 Å². The molecule has 0 aliphatic heterocycles. The van der Waals surface area contributed by atoms with Crippen molar-refractivity contribution in [1.82, 2.24) is 15.5 Å². The molecule has 1 aromatic heterocycles. The normalized spacial score (nSPS) is 14.7. The van der Waals surface area contributed by atoms with Crippen LogP contribution in [-0.2, 0) is 11.2 Å². The molecule has 0 bridgehead atoms. The minimum absolute atomic E-state index is 0.0990. The first kappa shape index (κ1) is 17.9. The maximum atomic E-state index is 12.2. The number of nitrogens with one attached hydrogen (secondary N) is 2. The van der Waals surface area contributed by atoms with Gasteiger partial charge in [-0.15, -0.1) is 0 Å². The molecule has 1 fully saturated rings. The summed E-state index contributed by atoms with van der Waals surface area (Å²) in [4.78, 5) is 28.3. The van der Waals surface area contributed by atoms with E-state index in [2.05, 4.69) is 20.8 Å². The van der Waals surface area contributed by atoms with Gasteiger partial charge in [0.2, 0.25) is 5.91 Å². The molecule has 0 saturated heterocycles. The smallest absolute Gasteiger partial charge is 0.315 e. The van der Waals surface area contributed by atoms with Gasteiger partial charge < -0.3 is 19.9 Å². The Morgan fingerprint density at radius 3 is 2.77 bits per heavy atom. The van der Waals surface area contributed by atoms with Gasteiger partial charge >= 0.3 is 11.8 Å². The lowest BCUT2D eigenvalue weighted by Gasteiger charge is -2.21. The van der Waals surface area contributed by atoms with Gasteiger partial charge in [0, 0.05) is 6.04 Å². The molecule has 0 spiro atoms. The highest BCUT2D eigenvalue weighted by atomic mass is 16.5. The number of aromatic nitrogens is 2. The first-order chi connectivity index (χ1) is 12.7. The van der Waals surface area contributed by atoms with Crippen LogP contribution in [0.25, 0.3) is 0 Å². The molecule has 1 aliphatic rings. The van der Waals surface area contributed by atoms with Crippen molar-refractivity contribution in [2.75, 3.05) is 12.4 Å². The molecule has 1 saturated carbocycles. The van der Waals surface area contributed by atoms with Crippen molar-refractivity contribution in [3.63, 3.8) is 0 Å². The van der Waals surface area contributed by atoms with Crippen LogP contribution in [0.5, 0.6) is 5.75 Å². The third kappa shape index (κ3) is 4.59. The second-order valence-corrected chi connectivity index (χ2v) is 6.25. The zero-order valence-electron chi connectivity index (χ0n) is 14.7. The van der Waals surface area contributed by atoms with Crippen LogP contribution in [0.1, 0.15) is 48.6 Å². The standard InChI is InChI=1S/C18H22N4O4/c1-25-14-10-6-5-9-13(14)20-16(23)11-15-21-18(26-22-15)17(24)19-12-7-3-2-4-8-12/h5-6,9-10,12H,2-4,7-8,11H2,1H3,(H,19,24)(H,20,23). The molecular formula is C18H22N4O4. The molecule has 2 N–H and O–H groups in total. The summed E-state index contributed by atoms with van der Waals surface area (Å²) < 4.78 is 10.2. The summed E-state index contributed by atoms with van der Waals surface area (Å²) in [6.07, 6.45) is 5.27. The molecule has 8 heteroatoms. The van der Waals surface area contributed by atoms with E-state index in [1.165, 1.54) is 13.5 Å². The average molecular weight is 358 g/mol. The lowest BCUT2D eigenvalue weighted by Crippen LogP contribution is -2.36. The molecule has 1 heterocycles. The number of hydrogen-bond acceptors (Lipinski definition) is 6. The Kier molecular flexibility index (Phi) is 5.83. The van der Waals surface area contributed by atoms with Gasteiger partial charge in [-0.2, -0.15) is 4.98 Å². The lowest BCUT2D eigenvalue weighted by atomic mass is 9.95. The summed E-state index contributed by atoms with van der Waals surface area (Å²) in [7, 11) is 1.53. The van der Waals surface area contributed by atoms with Crippen LogP contribution in [0.4, 0.5) is 5.69 Å². The number of ether oxygens (including phenoxy) is 1. The van der Waals surface area contributed by atoms with Gasteiger partial charge in [-0.1, -0.05) is 36.6 Å². The van der Waals surface area contributed by atoms with Gasteiger partial charge in [-0.25, -0.2) is 0 Å². The molecule has 2 aromatic rings. The summed E-state index contributed by atoms with van der Waals surface area (Å²) in [5.41, 5.74) is 0.554. The molecule has 2 amide bonds. The van der Waals surface area contributed by atoms with E-state index in [-0.39, 0.29) is 36.0 Å². The van der Waals surface area contributed by atoms with Crippen molar-refractivity contribution in [2.24, 2.45) is 0 Å². The number of carbonyl (C=O) groups is 2. The predicted molar refractivity (Wildman–Crippen MR) is 94.0 cm³/mol. The minimum Gasteiger partial charge on any atom is -0.495 e. The van der Waals surface area contributed by atoms with Crippen molar-refractivity contribution in [3.8, 4) is 5.75 Å². The highest BCUT2D eigenvalue weighted by Gasteiger charge is 2.21. The average Bonchev–Trinajstić information content (AvgIpc) is 3.11. The van der Waals surface area contributed by atoms with E-state index in [4.69, 9.17) is 9.26 Å². The van der Waals surface area contributed by atoms with Crippen molar-refractivity contribution in [3.05, 3.63) is 36.0 Å². The fourth-order valence-corrected chi connectivity index (χ4v) is 3.00. The summed E-state index contributed by atoms with van der Waals surface area (Å²) >= 11 is 0. The van der Waals surface area contributed by atoms with Crippen LogP contribution in [0.2, 0.25) is 0 Å². The number of rotatable bonds is 6. The first-order valence-electron chi connectivity index (χ1n) is 8.72. The molecule has 8 nitrogen and oxygen atoms in total. The Bertz CT molecular complexity index is 768. The molecule has 26 heavy (non-hydrogen) atoms. The van der Waals surface area contributed by atoms with Gasteiger partial charge in [-0.05, 0) is 25.0 Å². The second-order valence-electron chi connectivity index (χ2n) is 6.25. The highest BCUT2D eigenvalue weighted by molar-refractivity contribution is 5.93. The second kappa shape index (κ2) is 8.46. The summed E-state index contributed by atoms with van der Waals surface area (Å²) in [5, 5.41) is 9.35. The molecule has 1 aliphatic carbocycles. The Morgan fingerprint density at radius 1 is 1.23 bits per heavy atom. The summed E-state index contributed by atoms with van der Waals surface area (Å²) in [6, 6.07) is 7.24. The van der Waals surface area contributed by atoms with Gasteiger partial charge in [0.15, 0.2) is 5.82 Å². The number of amides is 2. The number of para-hydroxylation sites is 2. The zero-order valence-corrected chi connectivity index (χ0v) is 14.7. The summed E-state index contributed by atoms with van der Waals surface area (Å²) in [6.45, 7) is 0. The van der Waals surface area contributed by atoms with E-state index in [0.29, 0.717) is 11.4 Å². The molecule has 0 radical (unpaired) electrons. The molecule has 0 atom stereocenters. The third-order valence-electron chi connectivity index (χ3n) is 4.30. The van der Waals surface area contributed by atoms with E-state index < -0.39 is 0 Å². The first-order valence-corrected chi connectivity index (χ1v) is 8.72. The molecule has 3 rings (SSSR count). The number of benzene rings is 1. The van der Waals surface area contributed by atoms with Crippen LogP contribution < -0.4 is 15.4 Å². The Hall–Kier alpha value is -2.90. The fourth-order valence-electron chi connectivity index (χ4n) is 3.00. The number of methoxy groups -OCH3 is 1. The van der Waals surface area contributed by atoms with Crippen LogP contribution >= 0.6 is 0 Å². The van der Waals surface area contributed by atoms with Crippen molar-refractivity contribution in [1.29, 1.82) is 0 Å². The quantitative estimate of drug-likeness (QED) is 0.821. The highest BCUT2D eigenvalue weighted by Crippen LogP contribution is 2.23.